The average molecular weight is 331 g/mol. The number of ether oxygens (including phenoxy) is 1. The highest BCUT2D eigenvalue weighted by Gasteiger charge is 2.29. The first-order chi connectivity index (χ1) is 10.9. The second-order valence-electron chi connectivity index (χ2n) is 5.21. The minimum absolute atomic E-state index is 0.115. The van der Waals surface area contributed by atoms with Crippen LogP contribution in [0.2, 0.25) is 0 Å². The highest BCUT2D eigenvalue weighted by Crippen LogP contribution is 2.29. The van der Waals surface area contributed by atoms with Gasteiger partial charge in [-0.3, -0.25) is 4.99 Å². The number of hydrogen-bond acceptors (Lipinski definition) is 2. The van der Waals surface area contributed by atoms with Gasteiger partial charge in [0, 0.05) is 26.2 Å². The topological polar surface area (TPSA) is 45.7 Å². The van der Waals surface area contributed by atoms with Gasteiger partial charge in [-0.15, -0.1) is 0 Å². The maximum absolute atomic E-state index is 12.5. The number of halogens is 3. The van der Waals surface area contributed by atoms with Crippen LogP contribution in [-0.4, -0.2) is 38.8 Å². The Morgan fingerprint density at radius 2 is 1.91 bits per heavy atom. The lowest BCUT2D eigenvalue weighted by Gasteiger charge is -2.17. The quantitative estimate of drug-likeness (QED) is 0.596. The van der Waals surface area contributed by atoms with E-state index in [4.69, 9.17) is 4.74 Å². The number of benzene rings is 1. The molecular weight excluding hydrogens is 307 g/mol. The molecule has 1 aromatic rings. The van der Waals surface area contributed by atoms with Gasteiger partial charge in [0.1, 0.15) is 0 Å². The van der Waals surface area contributed by atoms with Crippen LogP contribution in [0.5, 0.6) is 0 Å². The minimum atomic E-state index is -4.30. The van der Waals surface area contributed by atoms with Crippen molar-refractivity contribution in [1.82, 2.24) is 10.6 Å². The van der Waals surface area contributed by atoms with Crippen LogP contribution < -0.4 is 10.6 Å². The van der Waals surface area contributed by atoms with Crippen molar-refractivity contribution in [2.24, 2.45) is 4.99 Å². The van der Waals surface area contributed by atoms with Crippen molar-refractivity contribution in [3.8, 4) is 0 Å². The summed E-state index contributed by atoms with van der Waals surface area (Å²) < 4.78 is 42.6. The summed E-state index contributed by atoms with van der Waals surface area (Å²) in [5, 5.41) is 6.32. The van der Waals surface area contributed by atoms with Gasteiger partial charge in [-0.25, -0.2) is 0 Å². The molecule has 0 radical (unpaired) electrons. The molecule has 4 nitrogen and oxygen atoms in total. The van der Waals surface area contributed by atoms with E-state index >= 15 is 0 Å². The van der Waals surface area contributed by atoms with Crippen molar-refractivity contribution >= 4 is 5.96 Å². The van der Waals surface area contributed by atoms with Gasteiger partial charge in [0.25, 0.3) is 0 Å². The molecule has 0 fully saturated rings. The number of aliphatic imine (C=N–C) groups is 1. The highest BCUT2D eigenvalue weighted by molar-refractivity contribution is 5.80. The van der Waals surface area contributed by atoms with Crippen molar-refractivity contribution in [3.63, 3.8) is 0 Å². The molecule has 0 aromatic heterocycles. The SMILES string of the molecule is CCNC(=NCCc1ccc(C(F)(F)F)cc1)NC(C)COC. The molecular formula is C16H24F3N3O. The van der Waals surface area contributed by atoms with Crippen LogP contribution in [0.4, 0.5) is 13.2 Å². The fourth-order valence-corrected chi connectivity index (χ4v) is 2.00. The number of nitrogens with zero attached hydrogens (tertiary/aromatic N) is 1. The molecule has 0 saturated heterocycles. The van der Waals surface area contributed by atoms with Crippen molar-refractivity contribution < 1.29 is 17.9 Å². The Bertz CT molecular complexity index is 486. The summed E-state index contributed by atoms with van der Waals surface area (Å²) in [7, 11) is 1.63. The second-order valence-corrected chi connectivity index (χ2v) is 5.21. The van der Waals surface area contributed by atoms with Gasteiger partial charge in [0.05, 0.1) is 12.2 Å². The zero-order chi connectivity index (χ0) is 17.3. The summed E-state index contributed by atoms with van der Waals surface area (Å²) in [6.07, 6.45) is -3.72. The van der Waals surface area contributed by atoms with Crippen molar-refractivity contribution in [2.75, 3.05) is 26.8 Å². The lowest BCUT2D eigenvalue weighted by atomic mass is 10.1. The normalized spacial score (nSPS) is 13.7. The zero-order valence-electron chi connectivity index (χ0n) is 13.7. The van der Waals surface area contributed by atoms with E-state index in [1.807, 2.05) is 13.8 Å². The molecule has 0 saturated carbocycles. The number of alkyl halides is 3. The van der Waals surface area contributed by atoms with E-state index in [0.717, 1.165) is 24.2 Å². The Balaban J connectivity index is 2.56. The van der Waals surface area contributed by atoms with E-state index in [-0.39, 0.29) is 6.04 Å². The smallest absolute Gasteiger partial charge is 0.383 e. The monoisotopic (exact) mass is 331 g/mol. The van der Waals surface area contributed by atoms with Crippen LogP contribution in [0.15, 0.2) is 29.3 Å². The summed E-state index contributed by atoms with van der Waals surface area (Å²) in [5.74, 6) is 0.670. The molecule has 0 aliphatic heterocycles. The molecule has 23 heavy (non-hydrogen) atoms. The predicted molar refractivity (Wildman–Crippen MR) is 85.6 cm³/mol. The Hall–Kier alpha value is -1.76. The lowest BCUT2D eigenvalue weighted by Crippen LogP contribution is -2.44. The molecule has 130 valence electrons. The highest BCUT2D eigenvalue weighted by atomic mass is 19.4. The van der Waals surface area contributed by atoms with Crippen LogP contribution in [0.25, 0.3) is 0 Å². The maximum atomic E-state index is 12.5. The van der Waals surface area contributed by atoms with E-state index in [1.54, 1.807) is 7.11 Å². The summed E-state index contributed by atoms with van der Waals surface area (Å²) in [5.41, 5.74) is 0.190. The summed E-state index contributed by atoms with van der Waals surface area (Å²) in [6, 6.07) is 5.30. The van der Waals surface area contributed by atoms with Crippen LogP contribution >= 0.6 is 0 Å². The predicted octanol–water partition coefficient (Wildman–Crippen LogP) is 2.84. The number of guanidine groups is 1. The molecule has 0 heterocycles. The molecule has 1 aromatic carbocycles. The first kappa shape index (κ1) is 19.3. The second kappa shape index (κ2) is 9.39. The first-order valence-corrected chi connectivity index (χ1v) is 7.56. The fourth-order valence-electron chi connectivity index (χ4n) is 2.00. The summed E-state index contributed by atoms with van der Waals surface area (Å²) in [4.78, 5) is 4.42. The van der Waals surface area contributed by atoms with E-state index in [9.17, 15) is 13.2 Å². The van der Waals surface area contributed by atoms with Gasteiger partial charge in [-0.2, -0.15) is 13.2 Å². The van der Waals surface area contributed by atoms with E-state index in [0.29, 0.717) is 25.5 Å². The summed E-state index contributed by atoms with van der Waals surface area (Å²) >= 11 is 0. The maximum Gasteiger partial charge on any atom is 0.416 e. The molecule has 0 bridgehead atoms. The Kier molecular flexibility index (Phi) is 7.88. The van der Waals surface area contributed by atoms with E-state index < -0.39 is 11.7 Å². The fraction of sp³-hybridized carbons (Fsp3) is 0.562. The number of rotatable bonds is 7. The molecule has 0 aliphatic carbocycles. The third kappa shape index (κ3) is 7.36. The molecule has 0 amide bonds. The Morgan fingerprint density at radius 3 is 2.43 bits per heavy atom. The van der Waals surface area contributed by atoms with Gasteiger partial charge in [0.2, 0.25) is 0 Å². The van der Waals surface area contributed by atoms with Crippen LogP contribution in [0.1, 0.15) is 25.0 Å². The van der Waals surface area contributed by atoms with Crippen molar-refractivity contribution in [3.05, 3.63) is 35.4 Å². The zero-order valence-corrected chi connectivity index (χ0v) is 13.7. The van der Waals surface area contributed by atoms with Crippen molar-refractivity contribution in [1.29, 1.82) is 0 Å². The Labute approximate surface area is 135 Å². The standard InChI is InChI=1S/C16H24F3N3O/c1-4-20-15(22-12(2)11-23-3)21-10-9-13-5-7-14(8-6-13)16(17,18)19/h5-8,12H,4,9-11H2,1-3H3,(H2,20,21,22). The van der Waals surface area contributed by atoms with Gasteiger partial charge < -0.3 is 15.4 Å². The van der Waals surface area contributed by atoms with Gasteiger partial charge in [-0.05, 0) is 38.0 Å². The molecule has 0 spiro atoms. The first-order valence-electron chi connectivity index (χ1n) is 7.56. The van der Waals surface area contributed by atoms with E-state index in [1.165, 1.54) is 12.1 Å². The van der Waals surface area contributed by atoms with E-state index in [2.05, 4.69) is 15.6 Å². The van der Waals surface area contributed by atoms with Crippen LogP contribution in [0, 0.1) is 0 Å². The molecule has 0 aliphatic rings. The van der Waals surface area contributed by atoms with Crippen LogP contribution in [0.3, 0.4) is 0 Å². The largest absolute Gasteiger partial charge is 0.416 e. The average Bonchev–Trinajstić information content (AvgIpc) is 2.47. The molecule has 2 N–H and O–H groups in total. The molecule has 1 unspecified atom stereocenters. The third-order valence-corrected chi connectivity index (χ3v) is 3.10. The van der Waals surface area contributed by atoms with Gasteiger partial charge >= 0.3 is 6.18 Å². The third-order valence-electron chi connectivity index (χ3n) is 3.10. The molecule has 7 heteroatoms. The number of nitrogens with one attached hydrogen (secondary N) is 2. The van der Waals surface area contributed by atoms with Gasteiger partial charge in [0.15, 0.2) is 5.96 Å². The summed E-state index contributed by atoms with van der Waals surface area (Å²) in [6.45, 7) is 5.72. The molecule has 1 rings (SSSR count). The lowest BCUT2D eigenvalue weighted by molar-refractivity contribution is -0.137. The number of methoxy groups -OCH3 is 1. The van der Waals surface area contributed by atoms with Crippen molar-refractivity contribution in [2.45, 2.75) is 32.5 Å². The Morgan fingerprint density at radius 1 is 1.26 bits per heavy atom. The van der Waals surface area contributed by atoms with Crippen LogP contribution in [-0.2, 0) is 17.3 Å². The number of hydrogen-bond donors (Lipinski definition) is 2. The van der Waals surface area contributed by atoms with Gasteiger partial charge in [-0.1, -0.05) is 12.1 Å². The minimum Gasteiger partial charge on any atom is -0.383 e. The molecule has 1 atom stereocenters.